The summed E-state index contributed by atoms with van der Waals surface area (Å²) >= 11 is 4.15. The zero-order chi connectivity index (χ0) is 10.6. The van der Waals surface area contributed by atoms with Crippen LogP contribution in [0.4, 0.5) is 0 Å². The van der Waals surface area contributed by atoms with Crippen molar-refractivity contribution in [1.29, 1.82) is 0 Å². The summed E-state index contributed by atoms with van der Waals surface area (Å²) in [5.74, 6) is 1.50. The molecule has 1 heterocycles. The lowest BCUT2D eigenvalue weighted by atomic mass is 9.93. The van der Waals surface area contributed by atoms with Gasteiger partial charge < -0.3 is 4.90 Å². The van der Waals surface area contributed by atoms with Crippen molar-refractivity contribution in [2.24, 2.45) is 5.41 Å². The first-order chi connectivity index (χ1) is 6.61. The second-order valence-corrected chi connectivity index (χ2v) is 6.19. The molecular weight excluding hydrogens is 309 g/mol. The van der Waals surface area contributed by atoms with Crippen LogP contribution in [0.15, 0.2) is 0 Å². The standard InChI is InChI=1S/C10H18INOS/c1-10(8-14-2)4-6-12(7-10)9(13)3-5-11/h3-8H2,1-2H3/t10-/m0/s1. The van der Waals surface area contributed by atoms with Gasteiger partial charge in [-0.2, -0.15) is 11.8 Å². The SMILES string of the molecule is CSC[C@@]1(C)CCN(C(=O)CCI)C1. The fourth-order valence-corrected chi connectivity index (χ4v) is 3.34. The quantitative estimate of drug-likeness (QED) is 0.584. The van der Waals surface area contributed by atoms with Crippen LogP contribution in [-0.2, 0) is 4.79 Å². The van der Waals surface area contributed by atoms with E-state index >= 15 is 0 Å². The smallest absolute Gasteiger partial charge is 0.223 e. The van der Waals surface area contributed by atoms with E-state index < -0.39 is 0 Å². The van der Waals surface area contributed by atoms with Gasteiger partial charge in [0.05, 0.1) is 0 Å². The molecule has 0 bridgehead atoms. The summed E-state index contributed by atoms with van der Waals surface area (Å²) < 4.78 is 0.937. The molecule has 0 aromatic carbocycles. The second-order valence-electron chi connectivity index (χ2n) is 4.25. The molecule has 0 aliphatic carbocycles. The number of hydrogen-bond donors (Lipinski definition) is 0. The van der Waals surface area contributed by atoms with Crippen molar-refractivity contribution in [1.82, 2.24) is 4.90 Å². The minimum Gasteiger partial charge on any atom is -0.342 e. The van der Waals surface area contributed by atoms with Gasteiger partial charge in [-0.05, 0) is 18.1 Å². The molecule has 1 amide bonds. The molecule has 1 aliphatic rings. The third kappa shape index (κ3) is 3.29. The van der Waals surface area contributed by atoms with Crippen molar-refractivity contribution < 1.29 is 4.79 Å². The highest BCUT2D eigenvalue weighted by atomic mass is 127. The first kappa shape index (κ1) is 12.6. The second kappa shape index (κ2) is 5.58. The molecule has 1 fully saturated rings. The van der Waals surface area contributed by atoms with E-state index in [2.05, 4.69) is 35.8 Å². The Kier molecular flexibility index (Phi) is 5.03. The summed E-state index contributed by atoms with van der Waals surface area (Å²) in [7, 11) is 0. The van der Waals surface area contributed by atoms with Crippen LogP contribution < -0.4 is 0 Å². The molecule has 1 atom stereocenters. The Morgan fingerprint density at radius 1 is 1.64 bits per heavy atom. The van der Waals surface area contributed by atoms with E-state index in [0.29, 0.717) is 17.7 Å². The summed E-state index contributed by atoms with van der Waals surface area (Å²) in [6, 6.07) is 0. The van der Waals surface area contributed by atoms with Gasteiger partial charge in [0.1, 0.15) is 0 Å². The van der Waals surface area contributed by atoms with Gasteiger partial charge in [0.2, 0.25) is 5.91 Å². The molecule has 4 heteroatoms. The highest BCUT2D eigenvalue weighted by Crippen LogP contribution is 2.32. The molecule has 82 valence electrons. The zero-order valence-electron chi connectivity index (χ0n) is 8.88. The minimum absolute atomic E-state index is 0.337. The number of rotatable bonds is 4. The number of alkyl halides is 1. The zero-order valence-corrected chi connectivity index (χ0v) is 11.9. The van der Waals surface area contributed by atoms with Crippen LogP contribution in [0.5, 0.6) is 0 Å². The normalized spacial score (nSPS) is 26.9. The molecule has 1 saturated heterocycles. The molecule has 0 spiro atoms. The third-order valence-corrected chi connectivity index (χ3v) is 4.24. The van der Waals surface area contributed by atoms with E-state index in [1.54, 1.807) is 0 Å². The Morgan fingerprint density at radius 3 is 2.93 bits per heavy atom. The van der Waals surface area contributed by atoms with Crippen LogP contribution in [0.2, 0.25) is 0 Å². The summed E-state index contributed by atoms with van der Waals surface area (Å²) in [6.45, 7) is 4.22. The number of amides is 1. The van der Waals surface area contributed by atoms with Crippen molar-refractivity contribution in [2.45, 2.75) is 19.8 Å². The van der Waals surface area contributed by atoms with Gasteiger partial charge in [-0.15, -0.1) is 0 Å². The van der Waals surface area contributed by atoms with Crippen molar-refractivity contribution in [3.05, 3.63) is 0 Å². The van der Waals surface area contributed by atoms with Crippen LogP contribution >= 0.6 is 34.4 Å². The lowest BCUT2D eigenvalue weighted by Crippen LogP contribution is -2.32. The van der Waals surface area contributed by atoms with Crippen LogP contribution in [0.25, 0.3) is 0 Å². The number of nitrogens with zero attached hydrogens (tertiary/aromatic N) is 1. The highest BCUT2D eigenvalue weighted by molar-refractivity contribution is 14.1. The molecule has 2 nitrogen and oxygen atoms in total. The number of carbonyl (C=O) groups excluding carboxylic acids is 1. The molecule has 0 N–H and O–H groups in total. The average Bonchev–Trinajstić information content (AvgIpc) is 2.49. The number of thioether (sulfide) groups is 1. The Morgan fingerprint density at radius 2 is 2.36 bits per heavy atom. The summed E-state index contributed by atoms with van der Waals surface area (Å²) in [6.07, 6.45) is 4.01. The largest absolute Gasteiger partial charge is 0.342 e. The molecule has 1 aliphatic heterocycles. The fraction of sp³-hybridized carbons (Fsp3) is 0.900. The van der Waals surface area contributed by atoms with E-state index in [1.807, 2.05) is 16.7 Å². The molecular formula is C10H18INOS. The maximum atomic E-state index is 11.7. The average molecular weight is 327 g/mol. The Hall–Kier alpha value is 0.550. The van der Waals surface area contributed by atoms with Gasteiger partial charge in [-0.1, -0.05) is 29.5 Å². The van der Waals surface area contributed by atoms with Crippen LogP contribution in [0.3, 0.4) is 0 Å². The summed E-state index contributed by atoms with van der Waals surface area (Å²) in [5, 5.41) is 0. The van der Waals surface area contributed by atoms with Crippen molar-refractivity contribution in [3.8, 4) is 0 Å². The predicted molar refractivity (Wildman–Crippen MR) is 71.2 cm³/mol. The van der Waals surface area contributed by atoms with E-state index in [-0.39, 0.29) is 0 Å². The lowest BCUT2D eigenvalue weighted by molar-refractivity contribution is -0.129. The molecule has 0 aromatic rings. The van der Waals surface area contributed by atoms with Crippen LogP contribution in [0.1, 0.15) is 19.8 Å². The topological polar surface area (TPSA) is 20.3 Å². The Labute approximate surface area is 104 Å². The summed E-state index contributed by atoms with van der Waals surface area (Å²) in [4.78, 5) is 13.7. The molecule has 0 aromatic heterocycles. The number of carbonyl (C=O) groups is 1. The van der Waals surface area contributed by atoms with Gasteiger partial charge in [-0.25, -0.2) is 0 Å². The molecule has 0 unspecified atom stereocenters. The van der Waals surface area contributed by atoms with E-state index in [4.69, 9.17) is 0 Å². The van der Waals surface area contributed by atoms with E-state index in [0.717, 1.165) is 17.5 Å². The Bertz CT molecular complexity index is 212. The van der Waals surface area contributed by atoms with Crippen molar-refractivity contribution in [2.75, 3.05) is 29.5 Å². The maximum absolute atomic E-state index is 11.7. The number of likely N-dealkylation sites (tertiary alicyclic amines) is 1. The van der Waals surface area contributed by atoms with Gasteiger partial charge in [-0.3, -0.25) is 4.79 Å². The Balaban J connectivity index is 2.43. The summed E-state index contributed by atoms with van der Waals surface area (Å²) in [5.41, 5.74) is 0.361. The first-order valence-electron chi connectivity index (χ1n) is 4.94. The highest BCUT2D eigenvalue weighted by Gasteiger charge is 2.34. The predicted octanol–water partition coefficient (Wildman–Crippen LogP) is 2.41. The maximum Gasteiger partial charge on any atom is 0.223 e. The molecule has 0 saturated carbocycles. The van der Waals surface area contributed by atoms with E-state index in [1.165, 1.54) is 12.2 Å². The number of hydrogen-bond acceptors (Lipinski definition) is 2. The molecule has 1 rings (SSSR count). The fourth-order valence-electron chi connectivity index (χ4n) is 1.94. The molecule has 14 heavy (non-hydrogen) atoms. The first-order valence-corrected chi connectivity index (χ1v) is 7.86. The third-order valence-electron chi connectivity index (χ3n) is 2.71. The van der Waals surface area contributed by atoms with Gasteiger partial charge in [0, 0.05) is 29.7 Å². The minimum atomic E-state index is 0.337. The van der Waals surface area contributed by atoms with Gasteiger partial charge in [0.25, 0.3) is 0 Å². The van der Waals surface area contributed by atoms with E-state index in [9.17, 15) is 4.79 Å². The van der Waals surface area contributed by atoms with Crippen LogP contribution in [0, 0.1) is 5.41 Å². The van der Waals surface area contributed by atoms with Crippen LogP contribution in [-0.4, -0.2) is 40.3 Å². The van der Waals surface area contributed by atoms with Gasteiger partial charge >= 0.3 is 0 Å². The molecule has 0 radical (unpaired) electrons. The number of halogens is 1. The van der Waals surface area contributed by atoms with Crippen molar-refractivity contribution in [3.63, 3.8) is 0 Å². The lowest BCUT2D eigenvalue weighted by Gasteiger charge is -2.23. The van der Waals surface area contributed by atoms with Crippen molar-refractivity contribution >= 4 is 40.3 Å². The monoisotopic (exact) mass is 327 g/mol. The van der Waals surface area contributed by atoms with Gasteiger partial charge in [0.15, 0.2) is 0 Å².